The van der Waals surface area contributed by atoms with Crippen molar-refractivity contribution >= 4 is 9.84 Å². The molecule has 108 valence electrons. The van der Waals surface area contributed by atoms with Gasteiger partial charge < -0.3 is 10.3 Å². The van der Waals surface area contributed by atoms with Crippen molar-refractivity contribution in [3.05, 3.63) is 23.5 Å². The quantitative estimate of drug-likeness (QED) is 0.841. The van der Waals surface area contributed by atoms with Crippen LogP contribution in [0.25, 0.3) is 0 Å². The molecule has 2 rings (SSSR count). The van der Waals surface area contributed by atoms with Gasteiger partial charge in [-0.1, -0.05) is 13.3 Å². The summed E-state index contributed by atoms with van der Waals surface area (Å²) in [7, 11) is -2.85. The summed E-state index contributed by atoms with van der Waals surface area (Å²) in [5, 5.41) is 0. The number of nitrogens with zero attached hydrogens (tertiary/aromatic N) is 1. The highest BCUT2D eigenvalue weighted by Crippen LogP contribution is 2.27. The third-order valence-electron chi connectivity index (χ3n) is 3.92. The van der Waals surface area contributed by atoms with Crippen molar-refractivity contribution in [2.24, 2.45) is 5.73 Å². The van der Waals surface area contributed by atoms with Gasteiger partial charge in [0.05, 0.1) is 5.75 Å². The van der Waals surface area contributed by atoms with Crippen LogP contribution in [0.2, 0.25) is 0 Å². The second-order valence-electron chi connectivity index (χ2n) is 5.42. The molecule has 0 amide bonds. The van der Waals surface area contributed by atoms with E-state index < -0.39 is 9.84 Å². The van der Waals surface area contributed by atoms with Crippen molar-refractivity contribution in [1.82, 2.24) is 4.57 Å². The lowest BCUT2D eigenvalue weighted by molar-refractivity contribution is 0.585. The van der Waals surface area contributed by atoms with Gasteiger partial charge in [-0.3, -0.25) is 0 Å². The van der Waals surface area contributed by atoms with Crippen molar-refractivity contribution in [3.8, 4) is 0 Å². The summed E-state index contributed by atoms with van der Waals surface area (Å²) in [4.78, 5) is 0. The van der Waals surface area contributed by atoms with Crippen molar-refractivity contribution in [2.45, 2.75) is 51.6 Å². The van der Waals surface area contributed by atoms with Gasteiger partial charge in [-0.15, -0.1) is 0 Å². The van der Waals surface area contributed by atoms with Gasteiger partial charge in [-0.05, 0) is 36.8 Å². The van der Waals surface area contributed by atoms with Gasteiger partial charge in [0.1, 0.15) is 9.84 Å². The predicted octanol–water partition coefficient (Wildman–Crippen LogP) is 2.04. The molecule has 1 unspecified atom stereocenters. The van der Waals surface area contributed by atoms with Crippen LogP contribution in [-0.4, -0.2) is 24.5 Å². The topological polar surface area (TPSA) is 65.1 Å². The number of rotatable bonds is 5. The maximum atomic E-state index is 11.5. The number of hydrogen-bond acceptors (Lipinski definition) is 3. The Kier molecular flexibility index (Phi) is 4.68. The maximum absolute atomic E-state index is 11.5. The van der Waals surface area contributed by atoms with Crippen LogP contribution < -0.4 is 5.73 Å². The van der Waals surface area contributed by atoms with Gasteiger partial charge in [0.2, 0.25) is 0 Å². The Labute approximate surface area is 115 Å². The van der Waals surface area contributed by atoms with E-state index in [-0.39, 0.29) is 17.5 Å². The number of nitrogens with two attached hydrogens (primary N) is 1. The minimum atomic E-state index is -2.85. The molecule has 0 aliphatic heterocycles. The van der Waals surface area contributed by atoms with Gasteiger partial charge in [0, 0.05) is 30.7 Å². The minimum absolute atomic E-state index is 0.151. The molecule has 0 saturated heterocycles. The zero-order chi connectivity index (χ0) is 13.9. The first-order valence-corrected chi connectivity index (χ1v) is 8.98. The molecule has 1 aromatic rings. The summed E-state index contributed by atoms with van der Waals surface area (Å²) >= 11 is 0. The van der Waals surface area contributed by atoms with E-state index in [2.05, 4.69) is 17.0 Å². The fourth-order valence-corrected chi connectivity index (χ4v) is 3.55. The molecule has 19 heavy (non-hydrogen) atoms. The molecule has 0 radical (unpaired) electrons. The van der Waals surface area contributed by atoms with E-state index in [1.807, 2.05) is 0 Å². The van der Waals surface area contributed by atoms with Crippen LogP contribution in [0.5, 0.6) is 0 Å². The Morgan fingerprint density at radius 3 is 2.89 bits per heavy atom. The van der Waals surface area contributed by atoms with Crippen molar-refractivity contribution < 1.29 is 8.42 Å². The molecule has 1 aromatic heterocycles. The fraction of sp³-hybridized carbons (Fsp3) is 0.714. The van der Waals surface area contributed by atoms with Crippen molar-refractivity contribution in [3.63, 3.8) is 0 Å². The van der Waals surface area contributed by atoms with E-state index in [4.69, 9.17) is 5.73 Å². The van der Waals surface area contributed by atoms with E-state index in [1.54, 1.807) is 6.92 Å². The van der Waals surface area contributed by atoms with Crippen LogP contribution in [0.4, 0.5) is 0 Å². The largest absolute Gasteiger partial charge is 0.354 e. The molecule has 1 atom stereocenters. The summed E-state index contributed by atoms with van der Waals surface area (Å²) in [6.45, 7) is 2.46. The molecule has 0 saturated carbocycles. The first kappa shape index (κ1) is 14.6. The lowest BCUT2D eigenvalue weighted by Crippen LogP contribution is -2.11. The Hall–Kier alpha value is -0.810. The van der Waals surface area contributed by atoms with E-state index >= 15 is 0 Å². The molecule has 5 heteroatoms. The molecule has 0 spiro atoms. The van der Waals surface area contributed by atoms with Crippen molar-refractivity contribution in [2.75, 3.05) is 11.5 Å². The number of aryl methyl sites for hydroxylation is 2. The molecule has 1 aliphatic carbocycles. The Bertz CT molecular complexity index is 520. The van der Waals surface area contributed by atoms with Crippen LogP contribution in [0.1, 0.15) is 49.8 Å². The number of aromatic nitrogens is 1. The molecule has 2 N–H and O–H groups in total. The smallest absolute Gasteiger partial charge is 0.150 e. The first-order chi connectivity index (χ1) is 9.02. The second-order valence-corrected chi connectivity index (χ2v) is 7.89. The molecule has 0 bridgehead atoms. The van der Waals surface area contributed by atoms with Crippen LogP contribution in [0.3, 0.4) is 0 Å². The fourth-order valence-electron chi connectivity index (χ4n) is 2.69. The maximum Gasteiger partial charge on any atom is 0.150 e. The monoisotopic (exact) mass is 284 g/mol. The standard InChI is InChI=1S/C14H24N2O2S/c1-2-19(17,18)9-5-8-16-10-12-6-3-4-7-14(15)13(12)11-16/h10-11,14H,2-9,15H2,1H3. The molecule has 1 heterocycles. The Morgan fingerprint density at radius 2 is 2.16 bits per heavy atom. The van der Waals surface area contributed by atoms with Gasteiger partial charge >= 0.3 is 0 Å². The van der Waals surface area contributed by atoms with Crippen LogP contribution >= 0.6 is 0 Å². The van der Waals surface area contributed by atoms with E-state index in [0.29, 0.717) is 6.42 Å². The SMILES string of the molecule is CCS(=O)(=O)CCCn1cc2c(c1)C(N)CCCC2. The molecule has 0 fully saturated rings. The molecule has 4 nitrogen and oxygen atoms in total. The van der Waals surface area contributed by atoms with Gasteiger partial charge in [0.15, 0.2) is 0 Å². The summed E-state index contributed by atoms with van der Waals surface area (Å²) in [5.41, 5.74) is 8.78. The molecular weight excluding hydrogens is 260 g/mol. The van der Waals surface area contributed by atoms with E-state index in [1.165, 1.54) is 24.0 Å². The average molecular weight is 284 g/mol. The molecular formula is C14H24N2O2S. The summed E-state index contributed by atoms with van der Waals surface area (Å²) in [5.74, 6) is 0.512. The third kappa shape index (κ3) is 3.83. The zero-order valence-electron chi connectivity index (χ0n) is 11.6. The van der Waals surface area contributed by atoms with Gasteiger partial charge in [-0.25, -0.2) is 8.42 Å². The van der Waals surface area contributed by atoms with Crippen LogP contribution in [0.15, 0.2) is 12.4 Å². The van der Waals surface area contributed by atoms with E-state index in [9.17, 15) is 8.42 Å². The summed E-state index contributed by atoms with van der Waals surface area (Å²) < 4.78 is 25.0. The minimum Gasteiger partial charge on any atom is -0.354 e. The highest BCUT2D eigenvalue weighted by molar-refractivity contribution is 7.91. The van der Waals surface area contributed by atoms with Crippen LogP contribution in [-0.2, 0) is 22.8 Å². The normalized spacial score (nSPS) is 20.0. The number of hydrogen-bond donors (Lipinski definition) is 1. The summed E-state index contributed by atoms with van der Waals surface area (Å²) in [6.07, 6.45) is 9.51. The molecule has 1 aliphatic rings. The van der Waals surface area contributed by atoms with Gasteiger partial charge in [0.25, 0.3) is 0 Å². The first-order valence-electron chi connectivity index (χ1n) is 7.16. The number of sulfone groups is 1. The molecule has 0 aromatic carbocycles. The Morgan fingerprint density at radius 1 is 1.37 bits per heavy atom. The Balaban J connectivity index is 1.97. The zero-order valence-corrected chi connectivity index (χ0v) is 12.5. The lowest BCUT2D eigenvalue weighted by Gasteiger charge is -2.07. The average Bonchev–Trinajstić information content (AvgIpc) is 2.70. The van der Waals surface area contributed by atoms with Crippen molar-refractivity contribution in [1.29, 1.82) is 0 Å². The highest BCUT2D eigenvalue weighted by Gasteiger charge is 2.17. The predicted molar refractivity (Wildman–Crippen MR) is 77.9 cm³/mol. The van der Waals surface area contributed by atoms with Crippen LogP contribution in [0, 0.1) is 0 Å². The number of fused-ring (bicyclic) bond motifs is 1. The lowest BCUT2D eigenvalue weighted by atomic mass is 10.1. The third-order valence-corrected chi connectivity index (χ3v) is 5.71. The van der Waals surface area contributed by atoms with Gasteiger partial charge in [-0.2, -0.15) is 0 Å². The highest BCUT2D eigenvalue weighted by atomic mass is 32.2. The second kappa shape index (κ2) is 6.09. The summed E-state index contributed by atoms with van der Waals surface area (Å²) in [6, 6.07) is 0.151. The van der Waals surface area contributed by atoms with E-state index in [0.717, 1.165) is 19.4 Å².